The number of hydrogen-bond donors (Lipinski definition) is 2. The first-order valence-electron chi connectivity index (χ1n) is 6.45. The van der Waals surface area contributed by atoms with Crippen LogP contribution in [0, 0.1) is 0 Å². The Hall–Kier alpha value is -2.30. The summed E-state index contributed by atoms with van der Waals surface area (Å²) < 4.78 is 4.68. The lowest BCUT2D eigenvalue weighted by atomic mass is 10.2. The third-order valence-electron chi connectivity index (χ3n) is 2.69. The number of carbonyl (C=O) groups is 2. The van der Waals surface area contributed by atoms with Crippen LogP contribution in [0.25, 0.3) is 0 Å². The topological polar surface area (TPSA) is 67.4 Å². The second-order valence-electron chi connectivity index (χ2n) is 4.21. The Morgan fingerprint density at radius 1 is 1.20 bits per heavy atom. The molecule has 2 N–H and O–H groups in total. The second-order valence-corrected chi connectivity index (χ2v) is 4.21. The number of anilines is 2. The minimum atomic E-state index is -0.296. The van der Waals surface area contributed by atoms with Gasteiger partial charge in [-0.3, -0.25) is 4.79 Å². The summed E-state index contributed by atoms with van der Waals surface area (Å²) >= 11 is 0. The molecule has 5 nitrogen and oxygen atoms in total. The van der Waals surface area contributed by atoms with Gasteiger partial charge in [0.25, 0.3) is 0 Å². The van der Waals surface area contributed by atoms with Crippen LogP contribution in [-0.4, -0.2) is 25.5 Å². The Labute approximate surface area is 119 Å². The standard InChI is InChI=1S/C15H20N2O3/c1-4-12(15(19)20-3)9-10-16-13-5-7-14(8-6-13)17-11(2)18/h5-9,16H,4,10H2,1-3H3,(H,17,18)/b12-9-. The Bertz CT molecular complexity index is 492. The molecule has 20 heavy (non-hydrogen) atoms. The zero-order chi connectivity index (χ0) is 15.0. The molecule has 108 valence electrons. The van der Waals surface area contributed by atoms with E-state index >= 15 is 0 Å². The summed E-state index contributed by atoms with van der Waals surface area (Å²) in [4.78, 5) is 22.3. The van der Waals surface area contributed by atoms with E-state index in [-0.39, 0.29) is 11.9 Å². The van der Waals surface area contributed by atoms with E-state index in [1.807, 2.05) is 37.3 Å². The van der Waals surface area contributed by atoms with E-state index in [2.05, 4.69) is 15.4 Å². The lowest BCUT2D eigenvalue weighted by molar-refractivity contribution is -0.136. The minimum absolute atomic E-state index is 0.0979. The molecule has 0 spiro atoms. The Balaban J connectivity index is 2.55. The Kier molecular flexibility index (Phi) is 6.29. The molecule has 0 unspecified atom stereocenters. The Morgan fingerprint density at radius 3 is 2.30 bits per heavy atom. The highest BCUT2D eigenvalue weighted by Crippen LogP contribution is 2.13. The van der Waals surface area contributed by atoms with Crippen molar-refractivity contribution in [1.29, 1.82) is 0 Å². The van der Waals surface area contributed by atoms with Crippen LogP contribution in [0.15, 0.2) is 35.9 Å². The molecule has 0 radical (unpaired) electrons. The smallest absolute Gasteiger partial charge is 0.333 e. The molecule has 5 heteroatoms. The molecule has 1 rings (SSSR count). The van der Waals surface area contributed by atoms with Crippen LogP contribution >= 0.6 is 0 Å². The summed E-state index contributed by atoms with van der Waals surface area (Å²) in [7, 11) is 1.38. The summed E-state index contributed by atoms with van der Waals surface area (Å²) in [5, 5.41) is 5.87. The Morgan fingerprint density at radius 2 is 1.80 bits per heavy atom. The molecule has 0 fully saturated rings. The molecule has 0 aliphatic rings. The molecule has 0 saturated heterocycles. The van der Waals surface area contributed by atoms with Crippen molar-refractivity contribution in [2.24, 2.45) is 0 Å². The molecule has 1 aromatic rings. The molecular weight excluding hydrogens is 256 g/mol. The van der Waals surface area contributed by atoms with Crippen LogP contribution in [0.5, 0.6) is 0 Å². The van der Waals surface area contributed by atoms with E-state index in [1.54, 1.807) is 0 Å². The number of rotatable bonds is 6. The first kappa shape index (κ1) is 15.8. The first-order valence-corrected chi connectivity index (χ1v) is 6.45. The number of amides is 1. The largest absolute Gasteiger partial charge is 0.466 e. The van der Waals surface area contributed by atoms with E-state index in [1.165, 1.54) is 14.0 Å². The van der Waals surface area contributed by atoms with Gasteiger partial charge in [-0.05, 0) is 30.7 Å². The minimum Gasteiger partial charge on any atom is -0.466 e. The molecule has 0 aliphatic heterocycles. The fourth-order valence-corrected chi connectivity index (χ4v) is 1.67. The van der Waals surface area contributed by atoms with Crippen LogP contribution in [0.2, 0.25) is 0 Å². The third kappa shape index (κ3) is 5.14. The zero-order valence-electron chi connectivity index (χ0n) is 12.0. The lowest BCUT2D eigenvalue weighted by Crippen LogP contribution is -2.07. The molecule has 0 bridgehead atoms. The number of methoxy groups -OCH3 is 1. The average Bonchev–Trinajstić information content (AvgIpc) is 2.44. The maximum Gasteiger partial charge on any atom is 0.333 e. The van der Waals surface area contributed by atoms with Crippen molar-refractivity contribution in [1.82, 2.24) is 0 Å². The van der Waals surface area contributed by atoms with E-state index in [9.17, 15) is 9.59 Å². The van der Waals surface area contributed by atoms with Gasteiger partial charge in [0.15, 0.2) is 0 Å². The predicted octanol–water partition coefficient (Wildman–Crippen LogP) is 2.57. The predicted molar refractivity (Wildman–Crippen MR) is 79.6 cm³/mol. The maximum atomic E-state index is 11.4. The third-order valence-corrected chi connectivity index (χ3v) is 2.69. The fourth-order valence-electron chi connectivity index (χ4n) is 1.67. The lowest BCUT2D eigenvalue weighted by Gasteiger charge is -2.07. The van der Waals surface area contributed by atoms with Gasteiger partial charge >= 0.3 is 5.97 Å². The van der Waals surface area contributed by atoms with E-state index < -0.39 is 0 Å². The normalized spacial score (nSPS) is 10.8. The number of nitrogens with one attached hydrogen (secondary N) is 2. The van der Waals surface area contributed by atoms with Crippen molar-refractivity contribution in [3.8, 4) is 0 Å². The average molecular weight is 276 g/mol. The van der Waals surface area contributed by atoms with Gasteiger partial charge in [0, 0.05) is 30.4 Å². The molecule has 0 aliphatic carbocycles. The molecular formula is C15H20N2O3. The van der Waals surface area contributed by atoms with Gasteiger partial charge in [-0.25, -0.2) is 4.79 Å². The van der Waals surface area contributed by atoms with Crippen molar-refractivity contribution in [3.05, 3.63) is 35.9 Å². The van der Waals surface area contributed by atoms with Crippen molar-refractivity contribution in [2.75, 3.05) is 24.3 Å². The van der Waals surface area contributed by atoms with Gasteiger partial charge in [-0.15, -0.1) is 0 Å². The summed E-state index contributed by atoms with van der Waals surface area (Å²) in [5.74, 6) is -0.394. The molecule has 0 heterocycles. The monoisotopic (exact) mass is 276 g/mol. The highest BCUT2D eigenvalue weighted by molar-refractivity contribution is 5.89. The summed E-state index contributed by atoms with van der Waals surface area (Å²) in [5.41, 5.74) is 2.31. The van der Waals surface area contributed by atoms with Crippen LogP contribution in [0.4, 0.5) is 11.4 Å². The van der Waals surface area contributed by atoms with Gasteiger partial charge < -0.3 is 15.4 Å². The van der Waals surface area contributed by atoms with Gasteiger partial charge in [0.05, 0.1) is 7.11 Å². The number of esters is 1. The van der Waals surface area contributed by atoms with E-state index in [4.69, 9.17) is 0 Å². The number of hydrogen-bond acceptors (Lipinski definition) is 4. The van der Waals surface area contributed by atoms with Gasteiger partial charge in [-0.2, -0.15) is 0 Å². The first-order chi connectivity index (χ1) is 9.56. The molecule has 0 atom stereocenters. The molecule has 0 aromatic heterocycles. The molecule has 1 amide bonds. The van der Waals surface area contributed by atoms with Gasteiger partial charge in [0.1, 0.15) is 0 Å². The van der Waals surface area contributed by atoms with Crippen LogP contribution in [0.1, 0.15) is 20.3 Å². The van der Waals surface area contributed by atoms with Crippen LogP contribution < -0.4 is 10.6 Å². The van der Waals surface area contributed by atoms with Crippen molar-refractivity contribution in [2.45, 2.75) is 20.3 Å². The zero-order valence-corrected chi connectivity index (χ0v) is 12.0. The fraction of sp³-hybridized carbons (Fsp3) is 0.333. The number of ether oxygens (including phenoxy) is 1. The van der Waals surface area contributed by atoms with Gasteiger partial charge in [-0.1, -0.05) is 13.0 Å². The van der Waals surface area contributed by atoms with Crippen molar-refractivity contribution in [3.63, 3.8) is 0 Å². The van der Waals surface area contributed by atoms with E-state index in [0.717, 1.165) is 11.4 Å². The van der Waals surface area contributed by atoms with Crippen molar-refractivity contribution < 1.29 is 14.3 Å². The summed E-state index contributed by atoms with van der Waals surface area (Å²) in [6, 6.07) is 7.36. The highest BCUT2D eigenvalue weighted by Gasteiger charge is 2.05. The highest BCUT2D eigenvalue weighted by atomic mass is 16.5. The second kappa shape index (κ2) is 7.99. The van der Waals surface area contributed by atoms with Crippen LogP contribution in [0.3, 0.4) is 0 Å². The molecule has 0 saturated carbocycles. The number of benzene rings is 1. The molecule has 1 aromatic carbocycles. The maximum absolute atomic E-state index is 11.4. The van der Waals surface area contributed by atoms with Crippen LogP contribution in [-0.2, 0) is 14.3 Å². The quantitative estimate of drug-likeness (QED) is 0.619. The SMILES string of the molecule is CC/C(=C/CNc1ccc(NC(C)=O)cc1)C(=O)OC. The summed E-state index contributed by atoms with van der Waals surface area (Å²) in [6.07, 6.45) is 2.45. The number of carbonyl (C=O) groups excluding carboxylic acids is 2. The van der Waals surface area contributed by atoms with Crippen molar-refractivity contribution >= 4 is 23.3 Å². The summed E-state index contributed by atoms with van der Waals surface area (Å²) in [6.45, 7) is 3.92. The van der Waals surface area contributed by atoms with E-state index in [0.29, 0.717) is 18.5 Å². The van der Waals surface area contributed by atoms with Gasteiger partial charge in [0.2, 0.25) is 5.91 Å².